The Kier molecular flexibility index (Phi) is 4.22. The van der Waals surface area contributed by atoms with E-state index in [1.54, 1.807) is 13.8 Å². The van der Waals surface area contributed by atoms with Crippen LogP contribution in [0, 0.1) is 0 Å². The zero-order valence-electron chi connectivity index (χ0n) is 8.75. The molecule has 1 aliphatic rings. The standard InChI is InChI=1S/C9H18N2O2S/c1-9(2,8(12)13)14-7-11-5-3-10-4-6-11/h10H,3-7H2,1-2H3,(H,12,13). The zero-order chi connectivity index (χ0) is 10.6. The van der Waals surface area contributed by atoms with Gasteiger partial charge in [0.05, 0.1) is 0 Å². The van der Waals surface area contributed by atoms with Gasteiger partial charge in [0.1, 0.15) is 4.75 Å². The summed E-state index contributed by atoms with van der Waals surface area (Å²) < 4.78 is -0.676. The number of carboxylic acids is 1. The molecule has 0 radical (unpaired) electrons. The topological polar surface area (TPSA) is 52.6 Å². The first kappa shape index (κ1) is 11.8. The highest BCUT2D eigenvalue weighted by molar-refractivity contribution is 8.01. The van der Waals surface area contributed by atoms with E-state index in [9.17, 15) is 4.79 Å². The van der Waals surface area contributed by atoms with Gasteiger partial charge in [-0.05, 0) is 13.8 Å². The normalized spacial score (nSPS) is 19.6. The summed E-state index contributed by atoms with van der Waals surface area (Å²) in [6.45, 7) is 7.55. The van der Waals surface area contributed by atoms with Crippen molar-refractivity contribution in [3.05, 3.63) is 0 Å². The molecule has 0 saturated carbocycles. The van der Waals surface area contributed by atoms with Crippen LogP contribution in [0.2, 0.25) is 0 Å². The van der Waals surface area contributed by atoms with Crippen LogP contribution < -0.4 is 5.32 Å². The summed E-state index contributed by atoms with van der Waals surface area (Å²) in [5.74, 6) is 0.0682. The van der Waals surface area contributed by atoms with Gasteiger partial charge in [0, 0.05) is 32.1 Å². The number of carboxylic acid groups (broad SMARTS) is 1. The molecule has 14 heavy (non-hydrogen) atoms. The van der Waals surface area contributed by atoms with E-state index in [1.807, 2.05) is 0 Å². The van der Waals surface area contributed by atoms with Gasteiger partial charge in [0.15, 0.2) is 0 Å². The molecule has 0 amide bonds. The average molecular weight is 218 g/mol. The van der Waals surface area contributed by atoms with Crippen molar-refractivity contribution < 1.29 is 9.90 Å². The van der Waals surface area contributed by atoms with E-state index >= 15 is 0 Å². The molecular weight excluding hydrogens is 200 g/mol. The SMILES string of the molecule is CC(C)(SCN1CCNCC1)C(=O)O. The molecule has 0 unspecified atom stereocenters. The van der Waals surface area contributed by atoms with E-state index in [0.29, 0.717) is 0 Å². The molecule has 0 spiro atoms. The minimum atomic E-state index is -0.738. The van der Waals surface area contributed by atoms with Crippen molar-refractivity contribution >= 4 is 17.7 Å². The Hall–Kier alpha value is -0.260. The highest BCUT2D eigenvalue weighted by Crippen LogP contribution is 2.25. The quantitative estimate of drug-likeness (QED) is 0.717. The summed E-state index contributed by atoms with van der Waals surface area (Å²) in [5.41, 5.74) is 0. The van der Waals surface area contributed by atoms with Gasteiger partial charge in [-0.3, -0.25) is 9.69 Å². The van der Waals surface area contributed by atoms with Crippen LogP contribution in [0.1, 0.15) is 13.8 Å². The number of nitrogens with one attached hydrogen (secondary N) is 1. The second-order valence-corrected chi connectivity index (χ2v) is 5.52. The van der Waals surface area contributed by atoms with Gasteiger partial charge in [-0.2, -0.15) is 0 Å². The maximum atomic E-state index is 10.8. The fourth-order valence-electron chi connectivity index (χ4n) is 1.15. The lowest BCUT2D eigenvalue weighted by molar-refractivity contribution is -0.138. The molecule has 0 atom stereocenters. The molecule has 0 aromatic rings. The van der Waals surface area contributed by atoms with Gasteiger partial charge in [0.2, 0.25) is 0 Å². The first-order valence-electron chi connectivity index (χ1n) is 4.83. The van der Waals surface area contributed by atoms with Crippen molar-refractivity contribution in [1.82, 2.24) is 10.2 Å². The van der Waals surface area contributed by atoms with Crippen LogP contribution in [0.15, 0.2) is 0 Å². The minimum absolute atomic E-state index is 0.676. The van der Waals surface area contributed by atoms with Gasteiger partial charge in [-0.25, -0.2) is 0 Å². The summed E-state index contributed by atoms with van der Waals surface area (Å²) in [6.07, 6.45) is 0. The van der Waals surface area contributed by atoms with Crippen molar-refractivity contribution in [2.45, 2.75) is 18.6 Å². The van der Waals surface area contributed by atoms with E-state index in [-0.39, 0.29) is 0 Å². The van der Waals surface area contributed by atoms with Crippen LogP contribution in [0.3, 0.4) is 0 Å². The Bertz CT molecular complexity index is 203. The first-order chi connectivity index (χ1) is 6.52. The van der Waals surface area contributed by atoms with E-state index in [2.05, 4.69) is 10.2 Å². The molecule has 1 fully saturated rings. The number of hydrogen-bond donors (Lipinski definition) is 2. The maximum absolute atomic E-state index is 10.8. The second kappa shape index (κ2) is 5.00. The van der Waals surface area contributed by atoms with Crippen LogP contribution in [0.25, 0.3) is 0 Å². The Morgan fingerprint density at radius 3 is 2.57 bits per heavy atom. The predicted molar refractivity (Wildman–Crippen MR) is 58.6 cm³/mol. The minimum Gasteiger partial charge on any atom is -0.480 e. The third-order valence-corrected chi connectivity index (χ3v) is 3.72. The highest BCUT2D eigenvalue weighted by atomic mass is 32.2. The van der Waals surface area contributed by atoms with Crippen molar-refractivity contribution in [3.63, 3.8) is 0 Å². The largest absolute Gasteiger partial charge is 0.480 e. The Labute approximate surface area is 89.0 Å². The van der Waals surface area contributed by atoms with Crippen LogP contribution >= 0.6 is 11.8 Å². The number of thioether (sulfide) groups is 1. The summed E-state index contributed by atoms with van der Waals surface area (Å²) in [4.78, 5) is 13.1. The molecule has 0 aromatic heterocycles. The van der Waals surface area contributed by atoms with Crippen LogP contribution in [0.4, 0.5) is 0 Å². The molecule has 1 saturated heterocycles. The van der Waals surface area contributed by atoms with Crippen molar-refractivity contribution in [2.75, 3.05) is 32.1 Å². The molecule has 0 bridgehead atoms. The van der Waals surface area contributed by atoms with Crippen LogP contribution in [-0.2, 0) is 4.79 Å². The molecule has 0 aliphatic carbocycles. The lowest BCUT2D eigenvalue weighted by atomic mass is 10.2. The summed E-state index contributed by atoms with van der Waals surface area (Å²) in [5, 5.41) is 12.2. The fraction of sp³-hybridized carbons (Fsp3) is 0.889. The Balaban J connectivity index is 2.28. The predicted octanol–water partition coefficient (Wildman–Crippen LogP) is 0.446. The number of rotatable bonds is 4. The Morgan fingerprint density at radius 1 is 1.50 bits per heavy atom. The van der Waals surface area contributed by atoms with E-state index in [0.717, 1.165) is 32.1 Å². The van der Waals surface area contributed by atoms with Crippen LogP contribution in [0.5, 0.6) is 0 Å². The monoisotopic (exact) mass is 218 g/mol. The van der Waals surface area contributed by atoms with Gasteiger partial charge in [0.25, 0.3) is 0 Å². The average Bonchev–Trinajstić information content (AvgIpc) is 2.16. The van der Waals surface area contributed by atoms with Crippen molar-refractivity contribution in [1.29, 1.82) is 0 Å². The summed E-state index contributed by atoms with van der Waals surface area (Å²) in [7, 11) is 0. The molecule has 4 nitrogen and oxygen atoms in total. The van der Waals surface area contributed by atoms with Gasteiger partial charge >= 0.3 is 5.97 Å². The van der Waals surface area contributed by atoms with Gasteiger partial charge < -0.3 is 10.4 Å². The molecule has 0 aromatic carbocycles. The van der Waals surface area contributed by atoms with Crippen molar-refractivity contribution in [3.8, 4) is 0 Å². The smallest absolute Gasteiger partial charge is 0.319 e. The molecule has 1 heterocycles. The van der Waals surface area contributed by atoms with Crippen molar-refractivity contribution in [2.24, 2.45) is 0 Å². The second-order valence-electron chi connectivity index (χ2n) is 3.96. The highest BCUT2D eigenvalue weighted by Gasteiger charge is 2.28. The Morgan fingerprint density at radius 2 is 2.07 bits per heavy atom. The molecule has 1 rings (SSSR count). The van der Waals surface area contributed by atoms with E-state index in [1.165, 1.54) is 11.8 Å². The van der Waals surface area contributed by atoms with E-state index < -0.39 is 10.7 Å². The lowest BCUT2D eigenvalue weighted by Gasteiger charge is -2.29. The molecule has 2 N–H and O–H groups in total. The first-order valence-corrected chi connectivity index (χ1v) is 5.81. The van der Waals surface area contributed by atoms with E-state index in [4.69, 9.17) is 5.11 Å². The van der Waals surface area contributed by atoms with Gasteiger partial charge in [-0.1, -0.05) is 0 Å². The summed E-state index contributed by atoms with van der Waals surface area (Å²) >= 11 is 1.49. The number of carbonyl (C=O) groups is 1. The lowest BCUT2D eigenvalue weighted by Crippen LogP contribution is -2.44. The van der Waals surface area contributed by atoms with Crippen LogP contribution in [-0.4, -0.2) is 52.8 Å². The van der Waals surface area contributed by atoms with Gasteiger partial charge in [-0.15, -0.1) is 11.8 Å². The zero-order valence-corrected chi connectivity index (χ0v) is 9.56. The number of hydrogen-bond acceptors (Lipinski definition) is 4. The molecule has 5 heteroatoms. The number of aliphatic carboxylic acids is 1. The number of nitrogens with zero attached hydrogens (tertiary/aromatic N) is 1. The maximum Gasteiger partial charge on any atom is 0.319 e. The third-order valence-electron chi connectivity index (χ3n) is 2.33. The number of piperazine rings is 1. The third kappa shape index (κ3) is 3.48. The fourth-order valence-corrected chi connectivity index (χ4v) is 2.04. The summed E-state index contributed by atoms with van der Waals surface area (Å²) in [6, 6.07) is 0. The molecule has 1 aliphatic heterocycles. The molecular formula is C9H18N2O2S. The molecule has 82 valence electrons.